The minimum absolute atomic E-state index is 0. The molecule has 1 aliphatic rings. The number of nitrogens with one attached hydrogen (secondary N) is 2. The number of thioether (sulfide) groups is 1. The van der Waals surface area contributed by atoms with Crippen LogP contribution in [-0.4, -0.2) is 61.4 Å². The predicted octanol–water partition coefficient (Wildman–Crippen LogP) is 2.42. The van der Waals surface area contributed by atoms with Crippen molar-refractivity contribution < 1.29 is 9.59 Å². The lowest BCUT2D eigenvalue weighted by atomic mass is 9.97. The molecule has 2 rings (SSSR count). The van der Waals surface area contributed by atoms with Crippen molar-refractivity contribution in [3.8, 4) is 0 Å². The molecule has 0 spiro atoms. The van der Waals surface area contributed by atoms with Gasteiger partial charge >= 0.3 is 0 Å². The molecule has 2 atom stereocenters. The summed E-state index contributed by atoms with van der Waals surface area (Å²) in [4.78, 5) is 27.4. The highest BCUT2D eigenvalue weighted by Gasteiger charge is 2.29. The maximum absolute atomic E-state index is 13.0. The SMILES string of the molecule is CNCC1CCCN(C(=O)C(CCSC)NC(=O)c2ccccc2)C1.Cl. The molecule has 5 nitrogen and oxygen atoms in total. The van der Waals surface area contributed by atoms with E-state index in [2.05, 4.69) is 10.6 Å². The maximum atomic E-state index is 13.0. The van der Waals surface area contributed by atoms with Crippen LogP contribution in [-0.2, 0) is 4.79 Å². The second kappa shape index (κ2) is 12.2. The van der Waals surface area contributed by atoms with Crippen LogP contribution in [0.3, 0.4) is 0 Å². The Morgan fingerprint density at radius 1 is 1.31 bits per heavy atom. The first-order valence-electron chi connectivity index (χ1n) is 8.94. The van der Waals surface area contributed by atoms with E-state index in [-0.39, 0.29) is 24.2 Å². The summed E-state index contributed by atoms with van der Waals surface area (Å²) in [6, 6.07) is 8.64. The molecule has 0 saturated carbocycles. The second-order valence-corrected chi connectivity index (χ2v) is 7.51. The fourth-order valence-corrected chi connectivity index (χ4v) is 3.74. The minimum atomic E-state index is -0.450. The van der Waals surface area contributed by atoms with Crippen LogP contribution < -0.4 is 10.6 Å². The smallest absolute Gasteiger partial charge is 0.251 e. The van der Waals surface area contributed by atoms with Gasteiger partial charge in [-0.25, -0.2) is 0 Å². The van der Waals surface area contributed by atoms with Crippen LogP contribution in [0.2, 0.25) is 0 Å². The molecule has 0 aliphatic carbocycles. The van der Waals surface area contributed by atoms with E-state index >= 15 is 0 Å². The largest absolute Gasteiger partial charge is 0.341 e. The maximum Gasteiger partial charge on any atom is 0.251 e. The van der Waals surface area contributed by atoms with Crippen LogP contribution in [0, 0.1) is 5.92 Å². The van der Waals surface area contributed by atoms with Crippen LogP contribution >= 0.6 is 24.2 Å². The molecule has 2 amide bonds. The molecule has 0 aromatic heterocycles. The van der Waals surface area contributed by atoms with Gasteiger partial charge in [-0.1, -0.05) is 18.2 Å². The van der Waals surface area contributed by atoms with E-state index in [0.29, 0.717) is 17.9 Å². The quantitative estimate of drug-likeness (QED) is 0.704. The third kappa shape index (κ3) is 6.82. The lowest BCUT2D eigenvalue weighted by molar-refractivity contribution is -0.135. The van der Waals surface area contributed by atoms with E-state index in [1.54, 1.807) is 23.9 Å². The van der Waals surface area contributed by atoms with E-state index in [0.717, 1.165) is 38.2 Å². The standard InChI is InChI=1S/C19H29N3O2S.ClH/c1-20-13-15-7-6-11-22(14-15)19(24)17(10-12-25-2)21-18(23)16-8-4-3-5-9-16;/h3-5,8-9,15,17,20H,6-7,10-14H2,1-2H3,(H,21,23);1H. The third-order valence-corrected chi connectivity index (χ3v) is 5.22. The number of nitrogens with zero attached hydrogens (tertiary/aromatic N) is 1. The number of amides is 2. The Morgan fingerprint density at radius 2 is 2.04 bits per heavy atom. The number of halogens is 1. The molecule has 146 valence electrons. The molecule has 1 aromatic carbocycles. The molecule has 2 N–H and O–H groups in total. The molecule has 2 unspecified atom stereocenters. The summed E-state index contributed by atoms with van der Waals surface area (Å²) in [5.74, 6) is 1.22. The summed E-state index contributed by atoms with van der Waals surface area (Å²) in [5, 5.41) is 6.16. The van der Waals surface area contributed by atoms with Gasteiger partial charge in [-0.3, -0.25) is 9.59 Å². The molecule has 1 aromatic rings. The van der Waals surface area contributed by atoms with Gasteiger partial charge in [0.05, 0.1) is 0 Å². The Hall–Kier alpha value is -1.24. The Bertz CT molecular complexity index is 557. The number of carbonyl (C=O) groups excluding carboxylic acids is 2. The Balaban J connectivity index is 0.00000338. The number of carbonyl (C=O) groups is 2. The van der Waals surface area contributed by atoms with Crippen LogP contribution in [0.4, 0.5) is 0 Å². The van der Waals surface area contributed by atoms with Crippen molar-refractivity contribution in [3.05, 3.63) is 35.9 Å². The van der Waals surface area contributed by atoms with E-state index in [1.165, 1.54) is 0 Å². The highest BCUT2D eigenvalue weighted by atomic mass is 35.5. The molecular formula is C19H30ClN3O2S. The van der Waals surface area contributed by atoms with E-state index in [4.69, 9.17) is 0 Å². The lowest BCUT2D eigenvalue weighted by Crippen LogP contribution is -2.52. The molecule has 7 heteroatoms. The molecule has 0 bridgehead atoms. The first kappa shape index (κ1) is 22.8. The van der Waals surface area contributed by atoms with Crippen LogP contribution in [0.1, 0.15) is 29.6 Å². The molecule has 0 radical (unpaired) electrons. The molecule has 1 fully saturated rings. The van der Waals surface area contributed by atoms with Gasteiger partial charge in [0.2, 0.25) is 5.91 Å². The van der Waals surface area contributed by atoms with Crippen molar-refractivity contribution in [1.82, 2.24) is 15.5 Å². The zero-order chi connectivity index (χ0) is 18.1. The monoisotopic (exact) mass is 399 g/mol. The van der Waals surface area contributed by atoms with Gasteiger partial charge < -0.3 is 15.5 Å². The van der Waals surface area contributed by atoms with E-state index in [1.807, 2.05) is 36.4 Å². The summed E-state index contributed by atoms with van der Waals surface area (Å²) >= 11 is 1.69. The summed E-state index contributed by atoms with van der Waals surface area (Å²) in [6.45, 7) is 2.49. The predicted molar refractivity (Wildman–Crippen MR) is 111 cm³/mol. The van der Waals surface area contributed by atoms with E-state index in [9.17, 15) is 9.59 Å². The van der Waals surface area contributed by atoms with Gasteiger partial charge in [0.15, 0.2) is 0 Å². The molecule has 1 heterocycles. The van der Waals surface area contributed by atoms with Gasteiger partial charge in [0.25, 0.3) is 5.91 Å². The van der Waals surface area contributed by atoms with Crippen molar-refractivity contribution in [2.75, 3.05) is 38.7 Å². The first-order chi connectivity index (χ1) is 12.2. The second-order valence-electron chi connectivity index (χ2n) is 6.52. The highest BCUT2D eigenvalue weighted by Crippen LogP contribution is 2.18. The van der Waals surface area contributed by atoms with Crippen molar-refractivity contribution >= 4 is 36.0 Å². The third-order valence-electron chi connectivity index (χ3n) is 4.57. The minimum Gasteiger partial charge on any atom is -0.341 e. The van der Waals surface area contributed by atoms with Gasteiger partial charge in [-0.15, -0.1) is 12.4 Å². The van der Waals surface area contributed by atoms with Crippen molar-refractivity contribution in [2.24, 2.45) is 5.92 Å². The molecule has 1 saturated heterocycles. The van der Waals surface area contributed by atoms with Crippen molar-refractivity contribution in [3.63, 3.8) is 0 Å². The number of hydrogen-bond acceptors (Lipinski definition) is 4. The highest BCUT2D eigenvalue weighted by molar-refractivity contribution is 7.98. The van der Waals surface area contributed by atoms with Gasteiger partial charge in [0, 0.05) is 18.7 Å². The normalized spacial score (nSPS) is 17.9. The number of piperidine rings is 1. The number of likely N-dealkylation sites (tertiary alicyclic amines) is 1. The lowest BCUT2D eigenvalue weighted by Gasteiger charge is -2.35. The zero-order valence-corrected chi connectivity index (χ0v) is 17.2. The van der Waals surface area contributed by atoms with Gasteiger partial charge in [-0.05, 0) is 62.9 Å². The molecular weight excluding hydrogens is 370 g/mol. The van der Waals surface area contributed by atoms with Crippen molar-refractivity contribution in [2.45, 2.75) is 25.3 Å². The first-order valence-corrected chi connectivity index (χ1v) is 10.3. The fraction of sp³-hybridized carbons (Fsp3) is 0.579. The average Bonchev–Trinajstić information content (AvgIpc) is 2.65. The summed E-state index contributed by atoms with van der Waals surface area (Å²) < 4.78 is 0. The summed E-state index contributed by atoms with van der Waals surface area (Å²) in [7, 11) is 1.95. The Morgan fingerprint density at radius 3 is 2.69 bits per heavy atom. The number of rotatable bonds is 8. The van der Waals surface area contributed by atoms with Crippen LogP contribution in [0.15, 0.2) is 30.3 Å². The zero-order valence-electron chi connectivity index (χ0n) is 15.6. The Kier molecular flexibility index (Phi) is 10.7. The molecule has 1 aliphatic heterocycles. The van der Waals surface area contributed by atoms with Gasteiger partial charge in [-0.2, -0.15) is 11.8 Å². The van der Waals surface area contributed by atoms with Crippen molar-refractivity contribution in [1.29, 1.82) is 0 Å². The summed E-state index contributed by atoms with van der Waals surface area (Å²) in [6.07, 6.45) is 4.85. The van der Waals surface area contributed by atoms with Gasteiger partial charge in [0.1, 0.15) is 6.04 Å². The Labute approximate surface area is 167 Å². The average molecular weight is 400 g/mol. The fourth-order valence-electron chi connectivity index (χ4n) is 3.27. The number of benzene rings is 1. The summed E-state index contributed by atoms with van der Waals surface area (Å²) in [5.41, 5.74) is 0.594. The van der Waals surface area contributed by atoms with Crippen LogP contribution in [0.5, 0.6) is 0 Å². The van der Waals surface area contributed by atoms with E-state index < -0.39 is 6.04 Å². The number of hydrogen-bond donors (Lipinski definition) is 2. The topological polar surface area (TPSA) is 61.4 Å². The molecule has 26 heavy (non-hydrogen) atoms. The van der Waals surface area contributed by atoms with Crippen LogP contribution in [0.25, 0.3) is 0 Å².